The molecule has 138 valence electrons. The molecule has 0 bridgehead atoms. The van der Waals surface area contributed by atoms with Gasteiger partial charge in [0.05, 0.1) is 25.3 Å². The molecule has 0 fully saturated rings. The van der Waals surface area contributed by atoms with Crippen molar-refractivity contribution in [3.8, 4) is 0 Å². The highest BCUT2D eigenvalue weighted by Gasteiger charge is 2.32. The predicted octanol–water partition coefficient (Wildman–Crippen LogP) is 1.65. The van der Waals surface area contributed by atoms with Gasteiger partial charge in [-0.3, -0.25) is 4.79 Å². The van der Waals surface area contributed by atoms with E-state index >= 15 is 0 Å². The number of nitrogen functional groups attached to an aromatic ring is 1. The summed E-state index contributed by atoms with van der Waals surface area (Å²) in [5.74, 6) is -2.82. The summed E-state index contributed by atoms with van der Waals surface area (Å²) in [7, 11) is 2.26. The number of nitrogens with one attached hydrogen (secondary N) is 1. The number of anilines is 1. The molecule has 1 aromatic carbocycles. The molecule has 3 N–H and O–H groups in total. The highest BCUT2D eigenvalue weighted by Crippen LogP contribution is 2.27. The van der Waals surface area contributed by atoms with Crippen molar-refractivity contribution in [1.82, 2.24) is 15.0 Å². The summed E-state index contributed by atoms with van der Waals surface area (Å²) in [6, 6.07) is 7.15. The van der Waals surface area contributed by atoms with Crippen LogP contribution in [0.1, 0.15) is 42.6 Å². The number of para-hydroxylation sites is 1. The Morgan fingerprint density at radius 1 is 0.963 bits per heavy atom. The number of carbonyl (C=O) groups excluding carboxylic acids is 3. The van der Waals surface area contributed by atoms with Crippen LogP contribution < -0.4 is 5.73 Å². The molecule has 0 amide bonds. The van der Waals surface area contributed by atoms with Crippen LogP contribution in [0.5, 0.6) is 0 Å². The minimum atomic E-state index is -0.921. The minimum absolute atomic E-state index is 0.286. The van der Waals surface area contributed by atoms with Crippen molar-refractivity contribution in [3.63, 3.8) is 0 Å². The maximum Gasteiger partial charge on any atom is 0.357 e. The van der Waals surface area contributed by atoms with Crippen molar-refractivity contribution in [2.75, 3.05) is 20.0 Å². The average Bonchev–Trinajstić information content (AvgIpc) is 3.01. The van der Waals surface area contributed by atoms with E-state index in [1.807, 2.05) is 6.07 Å². The number of fused-ring (bicyclic) bond motifs is 1. The minimum Gasteiger partial charge on any atom is -0.464 e. The fourth-order valence-electron chi connectivity index (χ4n) is 2.88. The van der Waals surface area contributed by atoms with Gasteiger partial charge in [-0.05, 0) is 13.0 Å². The molecule has 0 spiro atoms. The van der Waals surface area contributed by atoms with Gasteiger partial charge in [0.15, 0.2) is 17.2 Å². The van der Waals surface area contributed by atoms with E-state index in [9.17, 15) is 14.4 Å². The lowest BCUT2D eigenvalue weighted by atomic mass is 9.97. The van der Waals surface area contributed by atoms with E-state index < -0.39 is 29.1 Å². The van der Waals surface area contributed by atoms with Crippen molar-refractivity contribution >= 4 is 34.6 Å². The lowest BCUT2D eigenvalue weighted by molar-refractivity contribution is 0.0583. The first kappa shape index (κ1) is 18.1. The second-order valence-corrected chi connectivity index (χ2v) is 5.64. The van der Waals surface area contributed by atoms with E-state index in [1.165, 1.54) is 0 Å². The topological polar surface area (TPSA) is 137 Å². The van der Waals surface area contributed by atoms with Gasteiger partial charge in [0.25, 0.3) is 0 Å². The van der Waals surface area contributed by atoms with E-state index in [4.69, 9.17) is 5.73 Å². The standard InChI is InChI=1S/C18H16N4O5/c1-8-11(9-6-4-5-7-10(9)20-8)15(23)12-13(16(24)26-2)21-18(19)22-14(12)17(25)27-3/h4-7,20H,1-3H3,(H2,19,21,22). The summed E-state index contributed by atoms with van der Waals surface area (Å²) in [5, 5.41) is 0.628. The maximum atomic E-state index is 13.4. The van der Waals surface area contributed by atoms with E-state index in [2.05, 4.69) is 24.4 Å². The Bertz CT molecular complexity index is 1050. The van der Waals surface area contributed by atoms with Gasteiger partial charge in [0.1, 0.15) is 0 Å². The number of rotatable bonds is 4. The summed E-state index contributed by atoms with van der Waals surface area (Å²) in [6.07, 6.45) is 0. The molecular formula is C18H16N4O5. The van der Waals surface area contributed by atoms with Gasteiger partial charge in [-0.15, -0.1) is 0 Å². The molecule has 0 aliphatic heterocycles. The van der Waals surface area contributed by atoms with E-state index in [0.29, 0.717) is 11.1 Å². The van der Waals surface area contributed by atoms with Gasteiger partial charge in [-0.1, -0.05) is 18.2 Å². The van der Waals surface area contributed by atoms with Crippen LogP contribution in [0.25, 0.3) is 10.9 Å². The highest BCUT2D eigenvalue weighted by molar-refractivity contribution is 6.23. The number of hydrogen-bond donors (Lipinski definition) is 2. The number of ether oxygens (including phenoxy) is 2. The molecular weight excluding hydrogens is 352 g/mol. The summed E-state index contributed by atoms with van der Waals surface area (Å²) < 4.78 is 9.38. The average molecular weight is 368 g/mol. The van der Waals surface area contributed by atoms with Crippen LogP contribution in [-0.4, -0.2) is 46.9 Å². The Morgan fingerprint density at radius 3 is 2.07 bits per heavy atom. The Balaban J connectivity index is 2.34. The Labute approximate surface area is 153 Å². The number of aryl methyl sites for hydroxylation is 1. The van der Waals surface area contributed by atoms with Gasteiger partial charge in [0, 0.05) is 16.6 Å². The van der Waals surface area contributed by atoms with Gasteiger partial charge in [0.2, 0.25) is 5.95 Å². The fraction of sp³-hybridized carbons (Fsp3) is 0.167. The molecule has 0 aliphatic carbocycles. The SMILES string of the molecule is COC(=O)c1nc(N)nc(C(=O)OC)c1C(=O)c1c(C)[nH]c2ccccc12. The first-order chi connectivity index (χ1) is 12.9. The predicted molar refractivity (Wildman–Crippen MR) is 95.6 cm³/mol. The smallest absolute Gasteiger partial charge is 0.357 e. The Kier molecular flexibility index (Phi) is 4.59. The molecule has 27 heavy (non-hydrogen) atoms. The zero-order valence-electron chi connectivity index (χ0n) is 14.8. The van der Waals surface area contributed by atoms with Crippen LogP contribution in [-0.2, 0) is 9.47 Å². The number of nitrogens with two attached hydrogens (primary N) is 1. The second kappa shape index (κ2) is 6.87. The second-order valence-electron chi connectivity index (χ2n) is 5.64. The van der Waals surface area contributed by atoms with Crippen molar-refractivity contribution < 1.29 is 23.9 Å². The molecule has 3 rings (SSSR count). The van der Waals surface area contributed by atoms with Gasteiger partial charge >= 0.3 is 11.9 Å². The molecule has 9 heteroatoms. The van der Waals surface area contributed by atoms with E-state index in [-0.39, 0.29) is 17.1 Å². The van der Waals surface area contributed by atoms with Crippen LogP contribution >= 0.6 is 0 Å². The molecule has 0 saturated carbocycles. The molecule has 3 aromatic rings. The number of nitrogens with zero attached hydrogens (tertiary/aromatic N) is 2. The molecule has 0 aliphatic rings. The monoisotopic (exact) mass is 368 g/mol. The Morgan fingerprint density at radius 2 is 1.52 bits per heavy atom. The van der Waals surface area contributed by atoms with Gasteiger partial charge < -0.3 is 20.2 Å². The number of aromatic nitrogens is 3. The number of carbonyl (C=O) groups is 3. The molecule has 0 atom stereocenters. The normalized spacial score (nSPS) is 10.6. The van der Waals surface area contributed by atoms with Crippen LogP contribution in [0, 0.1) is 6.92 Å². The summed E-state index contributed by atoms with van der Waals surface area (Å²) >= 11 is 0. The lowest BCUT2D eigenvalue weighted by Gasteiger charge is -2.11. The van der Waals surface area contributed by atoms with Crippen molar-refractivity contribution in [2.24, 2.45) is 0 Å². The molecule has 0 unspecified atom stereocenters. The number of aromatic amines is 1. The van der Waals surface area contributed by atoms with Crippen LogP contribution in [0.2, 0.25) is 0 Å². The van der Waals surface area contributed by atoms with Crippen molar-refractivity contribution in [2.45, 2.75) is 6.92 Å². The third-order valence-corrected chi connectivity index (χ3v) is 4.03. The number of hydrogen-bond acceptors (Lipinski definition) is 8. The largest absolute Gasteiger partial charge is 0.464 e. The number of H-pyrrole nitrogens is 1. The summed E-state index contributed by atoms with van der Waals surface area (Å²) in [5.41, 5.74) is 6.05. The lowest BCUT2D eigenvalue weighted by Crippen LogP contribution is -2.22. The third-order valence-electron chi connectivity index (χ3n) is 4.03. The van der Waals surface area contributed by atoms with E-state index in [1.54, 1.807) is 25.1 Å². The fourth-order valence-corrected chi connectivity index (χ4v) is 2.88. The van der Waals surface area contributed by atoms with Crippen LogP contribution in [0.3, 0.4) is 0 Å². The van der Waals surface area contributed by atoms with Crippen LogP contribution in [0.4, 0.5) is 5.95 Å². The molecule has 0 saturated heterocycles. The third kappa shape index (κ3) is 2.99. The van der Waals surface area contributed by atoms with Gasteiger partial charge in [-0.25, -0.2) is 19.6 Å². The number of esters is 2. The van der Waals surface area contributed by atoms with Gasteiger partial charge in [-0.2, -0.15) is 0 Å². The Hall–Kier alpha value is -3.75. The molecule has 2 aromatic heterocycles. The number of ketones is 1. The van der Waals surface area contributed by atoms with E-state index in [0.717, 1.165) is 19.7 Å². The molecule has 2 heterocycles. The number of benzene rings is 1. The number of methoxy groups -OCH3 is 2. The maximum absolute atomic E-state index is 13.4. The van der Waals surface area contributed by atoms with Crippen molar-refractivity contribution in [1.29, 1.82) is 0 Å². The summed E-state index contributed by atoms with van der Waals surface area (Å²) in [6.45, 7) is 1.71. The zero-order valence-corrected chi connectivity index (χ0v) is 14.8. The zero-order chi connectivity index (χ0) is 19.7. The molecule has 9 nitrogen and oxygen atoms in total. The first-order valence-electron chi connectivity index (χ1n) is 7.85. The summed E-state index contributed by atoms with van der Waals surface area (Å²) in [4.78, 5) is 48.5. The first-order valence-corrected chi connectivity index (χ1v) is 7.85. The quantitative estimate of drug-likeness (QED) is 0.524. The van der Waals surface area contributed by atoms with Crippen LogP contribution in [0.15, 0.2) is 24.3 Å². The highest BCUT2D eigenvalue weighted by atomic mass is 16.5. The molecule has 0 radical (unpaired) electrons. The van der Waals surface area contributed by atoms with Crippen molar-refractivity contribution in [3.05, 3.63) is 52.5 Å².